The molecule has 0 saturated carbocycles. The Balaban J connectivity index is 2.83. The van der Waals surface area contributed by atoms with Crippen molar-refractivity contribution in [3.8, 4) is 0 Å². The Morgan fingerprint density at radius 1 is 1.41 bits per heavy atom. The average molecular weight is 322 g/mol. The molecule has 2 nitrogen and oxygen atoms in total. The molecular weight excluding hydrogens is 305 g/mol. The first kappa shape index (κ1) is 15.0. The van der Waals surface area contributed by atoms with E-state index in [9.17, 15) is 8.94 Å². The van der Waals surface area contributed by atoms with Gasteiger partial charge in [-0.05, 0) is 45.9 Å². The summed E-state index contributed by atoms with van der Waals surface area (Å²) >= 11 is 2.09. The minimum Gasteiger partial charge on any atom is -0.598 e. The van der Waals surface area contributed by atoms with Gasteiger partial charge in [-0.2, -0.15) is 0 Å². The lowest BCUT2D eigenvalue weighted by molar-refractivity contribution is 0.522. The van der Waals surface area contributed by atoms with Gasteiger partial charge in [0.1, 0.15) is 10.6 Å². The molecule has 1 aromatic rings. The van der Waals surface area contributed by atoms with E-state index >= 15 is 0 Å². The van der Waals surface area contributed by atoms with E-state index in [2.05, 4.69) is 20.7 Å². The molecule has 0 heterocycles. The summed E-state index contributed by atoms with van der Waals surface area (Å²) in [5.74, 6) is -0.292. The van der Waals surface area contributed by atoms with Crippen molar-refractivity contribution in [3.05, 3.63) is 34.1 Å². The standard InChI is InChI=1S/C12H17BrFNOS/c1-8(15-17(16)12(2,3)4)10-7-9(13)5-6-11(10)14/h5-8,15H,1-4H3/t8-,17+/m0/s1. The molecule has 96 valence electrons. The van der Waals surface area contributed by atoms with Crippen LogP contribution < -0.4 is 4.72 Å². The zero-order valence-electron chi connectivity index (χ0n) is 10.4. The summed E-state index contributed by atoms with van der Waals surface area (Å²) in [5.41, 5.74) is 0.511. The van der Waals surface area contributed by atoms with E-state index < -0.39 is 11.4 Å². The molecule has 1 aromatic carbocycles. The highest BCUT2D eigenvalue weighted by Crippen LogP contribution is 2.24. The highest BCUT2D eigenvalue weighted by Gasteiger charge is 2.29. The highest BCUT2D eigenvalue weighted by atomic mass is 79.9. The second kappa shape index (κ2) is 5.69. The molecule has 1 rings (SSSR count). The summed E-state index contributed by atoms with van der Waals surface area (Å²) in [5, 5.41) is 0. The molecule has 0 fully saturated rings. The van der Waals surface area contributed by atoms with Gasteiger partial charge in [0.05, 0.1) is 6.04 Å². The maximum Gasteiger partial charge on any atom is 0.136 e. The van der Waals surface area contributed by atoms with Crippen LogP contribution in [0.3, 0.4) is 0 Å². The lowest BCUT2D eigenvalue weighted by atomic mass is 10.1. The fourth-order valence-corrected chi connectivity index (χ4v) is 2.43. The Kier molecular flexibility index (Phi) is 5.01. The lowest BCUT2D eigenvalue weighted by Gasteiger charge is -2.26. The van der Waals surface area contributed by atoms with Gasteiger partial charge < -0.3 is 4.55 Å². The Hall–Kier alpha value is -0.100. The monoisotopic (exact) mass is 321 g/mol. The normalized spacial score (nSPS) is 15.7. The third kappa shape index (κ3) is 4.25. The maximum atomic E-state index is 13.6. The van der Waals surface area contributed by atoms with Crippen LogP contribution in [0.4, 0.5) is 4.39 Å². The van der Waals surface area contributed by atoms with E-state index in [1.165, 1.54) is 6.07 Å². The largest absolute Gasteiger partial charge is 0.598 e. The number of hydrogen-bond acceptors (Lipinski definition) is 2. The van der Waals surface area contributed by atoms with Crippen LogP contribution in [0.1, 0.15) is 39.3 Å². The van der Waals surface area contributed by atoms with Crippen LogP contribution in [0, 0.1) is 5.82 Å². The maximum absolute atomic E-state index is 13.6. The first-order valence-corrected chi connectivity index (χ1v) is 7.29. The number of benzene rings is 1. The van der Waals surface area contributed by atoms with E-state index in [0.717, 1.165) is 4.47 Å². The minimum absolute atomic E-state index is 0.292. The smallest absolute Gasteiger partial charge is 0.136 e. The molecule has 0 aliphatic rings. The SMILES string of the molecule is C[C@H](N[S@+]([O-])C(C)(C)C)c1cc(Br)ccc1F. The molecular formula is C12H17BrFNOS. The number of hydrogen-bond donors (Lipinski definition) is 1. The highest BCUT2D eigenvalue weighted by molar-refractivity contribution is 9.10. The van der Waals surface area contributed by atoms with Crippen LogP contribution in [0.15, 0.2) is 22.7 Å². The Morgan fingerprint density at radius 2 is 2.00 bits per heavy atom. The molecule has 0 saturated heterocycles. The van der Waals surface area contributed by atoms with Gasteiger partial charge in [-0.25, -0.2) is 4.39 Å². The van der Waals surface area contributed by atoms with Gasteiger partial charge in [-0.1, -0.05) is 15.9 Å². The van der Waals surface area contributed by atoms with Gasteiger partial charge in [-0.15, -0.1) is 4.72 Å². The van der Waals surface area contributed by atoms with Crippen LogP contribution in [0.25, 0.3) is 0 Å². The second-order valence-electron chi connectivity index (χ2n) is 4.89. The van der Waals surface area contributed by atoms with Crippen molar-refractivity contribution in [3.63, 3.8) is 0 Å². The summed E-state index contributed by atoms with van der Waals surface area (Å²) in [6, 6.07) is 4.45. The van der Waals surface area contributed by atoms with Crippen LogP contribution in [0.2, 0.25) is 0 Å². The molecule has 0 aliphatic carbocycles. The van der Waals surface area contributed by atoms with Crippen LogP contribution in [-0.4, -0.2) is 9.30 Å². The predicted octanol–water partition coefficient (Wildman–Crippen LogP) is 3.70. The third-order valence-corrected chi connectivity index (χ3v) is 4.44. The van der Waals surface area contributed by atoms with Crippen molar-refractivity contribution in [1.82, 2.24) is 4.72 Å². The molecule has 2 atom stereocenters. The van der Waals surface area contributed by atoms with Crippen LogP contribution in [0.5, 0.6) is 0 Å². The van der Waals surface area contributed by atoms with E-state index in [1.54, 1.807) is 19.1 Å². The summed E-state index contributed by atoms with van der Waals surface area (Å²) < 4.78 is 28.9. The molecule has 0 aromatic heterocycles. The number of nitrogens with one attached hydrogen (secondary N) is 1. The second-order valence-corrected chi connectivity index (χ2v) is 7.80. The molecule has 0 amide bonds. The van der Waals surface area contributed by atoms with E-state index in [1.807, 2.05) is 20.8 Å². The van der Waals surface area contributed by atoms with Gasteiger partial charge in [0, 0.05) is 21.4 Å². The van der Waals surface area contributed by atoms with Gasteiger partial charge in [0.15, 0.2) is 0 Å². The van der Waals surface area contributed by atoms with E-state index in [-0.39, 0.29) is 16.6 Å². The average Bonchev–Trinajstić information content (AvgIpc) is 2.20. The first-order chi connectivity index (χ1) is 7.71. The fraction of sp³-hybridized carbons (Fsp3) is 0.500. The summed E-state index contributed by atoms with van der Waals surface area (Å²) in [4.78, 5) is 0. The third-order valence-electron chi connectivity index (χ3n) is 2.26. The predicted molar refractivity (Wildman–Crippen MR) is 73.5 cm³/mol. The molecule has 17 heavy (non-hydrogen) atoms. The molecule has 0 aliphatic heterocycles. The molecule has 0 unspecified atom stereocenters. The van der Waals surface area contributed by atoms with Crippen LogP contribution in [-0.2, 0) is 11.4 Å². The van der Waals surface area contributed by atoms with Crippen molar-refractivity contribution < 1.29 is 8.94 Å². The first-order valence-electron chi connectivity index (χ1n) is 5.35. The molecule has 0 bridgehead atoms. The molecule has 0 radical (unpaired) electrons. The fourth-order valence-electron chi connectivity index (χ4n) is 1.25. The van der Waals surface area contributed by atoms with Gasteiger partial charge in [0.25, 0.3) is 0 Å². The summed E-state index contributed by atoms with van der Waals surface area (Å²) in [6.07, 6.45) is 0. The van der Waals surface area contributed by atoms with Gasteiger partial charge in [0.2, 0.25) is 0 Å². The summed E-state index contributed by atoms with van der Waals surface area (Å²) in [7, 11) is 0. The van der Waals surface area contributed by atoms with Crippen molar-refractivity contribution in [2.75, 3.05) is 0 Å². The van der Waals surface area contributed by atoms with Crippen molar-refractivity contribution in [1.29, 1.82) is 0 Å². The molecule has 0 spiro atoms. The Morgan fingerprint density at radius 3 is 2.53 bits per heavy atom. The van der Waals surface area contributed by atoms with Gasteiger partial charge >= 0.3 is 0 Å². The topological polar surface area (TPSA) is 35.1 Å². The summed E-state index contributed by atoms with van der Waals surface area (Å²) in [6.45, 7) is 7.43. The van der Waals surface area contributed by atoms with E-state index in [4.69, 9.17) is 0 Å². The minimum atomic E-state index is -1.21. The lowest BCUT2D eigenvalue weighted by Crippen LogP contribution is -2.40. The molecule has 1 N–H and O–H groups in total. The van der Waals surface area contributed by atoms with Crippen molar-refractivity contribution in [2.45, 2.75) is 38.5 Å². The molecule has 5 heteroatoms. The van der Waals surface area contributed by atoms with Crippen molar-refractivity contribution >= 4 is 27.3 Å². The number of halogens is 2. The quantitative estimate of drug-likeness (QED) is 0.861. The Labute approximate surface area is 113 Å². The Bertz CT molecular complexity index is 395. The van der Waals surface area contributed by atoms with E-state index in [0.29, 0.717) is 5.56 Å². The van der Waals surface area contributed by atoms with Crippen LogP contribution >= 0.6 is 15.9 Å². The van der Waals surface area contributed by atoms with Gasteiger partial charge in [-0.3, -0.25) is 0 Å². The number of rotatable bonds is 3. The van der Waals surface area contributed by atoms with Crippen molar-refractivity contribution in [2.24, 2.45) is 0 Å². The zero-order valence-corrected chi connectivity index (χ0v) is 12.8. The zero-order chi connectivity index (χ0) is 13.2.